The Hall–Kier alpha value is -2.10. The fourth-order valence-electron chi connectivity index (χ4n) is 2.35. The molecule has 0 saturated carbocycles. The Morgan fingerprint density at radius 1 is 1.23 bits per heavy atom. The van der Waals surface area contributed by atoms with E-state index in [0.717, 1.165) is 12.0 Å². The van der Waals surface area contributed by atoms with Crippen molar-refractivity contribution in [3.8, 4) is 0 Å². The van der Waals surface area contributed by atoms with Crippen LogP contribution in [0.25, 0.3) is 0 Å². The molecule has 0 saturated heterocycles. The second-order valence-electron chi connectivity index (χ2n) is 6.03. The second-order valence-corrected chi connectivity index (χ2v) is 6.03. The average molecular weight is 300 g/mol. The van der Waals surface area contributed by atoms with E-state index in [9.17, 15) is 4.79 Å². The summed E-state index contributed by atoms with van der Waals surface area (Å²) in [5.74, 6) is 0.212. The van der Waals surface area contributed by atoms with Crippen LogP contribution in [0.1, 0.15) is 37.8 Å². The van der Waals surface area contributed by atoms with E-state index in [2.05, 4.69) is 31.0 Å². The van der Waals surface area contributed by atoms with Crippen molar-refractivity contribution in [3.63, 3.8) is 0 Å². The van der Waals surface area contributed by atoms with E-state index in [-0.39, 0.29) is 11.9 Å². The number of nitrogens with zero attached hydrogens (tertiary/aromatic N) is 2. The minimum Gasteiger partial charge on any atom is -0.463 e. The summed E-state index contributed by atoms with van der Waals surface area (Å²) in [6, 6.07) is 8.26. The van der Waals surface area contributed by atoms with Gasteiger partial charge in [0, 0.05) is 12.4 Å². The maximum atomic E-state index is 12.1. The highest BCUT2D eigenvalue weighted by Gasteiger charge is 2.16. The van der Waals surface area contributed by atoms with Crippen LogP contribution >= 0.6 is 0 Å². The van der Waals surface area contributed by atoms with Crippen LogP contribution in [0.4, 0.5) is 0 Å². The third kappa shape index (κ3) is 4.72. The molecule has 22 heavy (non-hydrogen) atoms. The second kappa shape index (κ2) is 7.78. The van der Waals surface area contributed by atoms with Crippen molar-refractivity contribution in [1.82, 2.24) is 9.55 Å². The molecule has 1 aromatic carbocycles. The first-order valence-electron chi connectivity index (χ1n) is 7.77. The van der Waals surface area contributed by atoms with Crippen molar-refractivity contribution >= 4 is 5.97 Å². The van der Waals surface area contributed by atoms with Crippen LogP contribution in [0, 0.1) is 5.92 Å². The third-order valence-corrected chi connectivity index (χ3v) is 3.63. The van der Waals surface area contributed by atoms with Gasteiger partial charge in [-0.3, -0.25) is 4.79 Å². The monoisotopic (exact) mass is 300 g/mol. The van der Waals surface area contributed by atoms with E-state index < -0.39 is 0 Å². The number of benzene rings is 1. The minimum absolute atomic E-state index is 0.184. The lowest BCUT2D eigenvalue weighted by Crippen LogP contribution is -2.16. The Morgan fingerprint density at radius 2 is 1.95 bits per heavy atom. The number of imidazole rings is 1. The third-order valence-electron chi connectivity index (χ3n) is 3.63. The quantitative estimate of drug-likeness (QED) is 0.736. The number of esters is 1. The summed E-state index contributed by atoms with van der Waals surface area (Å²) in [5.41, 5.74) is 2.31. The van der Waals surface area contributed by atoms with E-state index >= 15 is 0 Å². The van der Waals surface area contributed by atoms with E-state index in [1.807, 2.05) is 29.8 Å². The Balaban J connectivity index is 1.84. The van der Waals surface area contributed by atoms with Crippen LogP contribution in [0.2, 0.25) is 0 Å². The van der Waals surface area contributed by atoms with Gasteiger partial charge in [-0.15, -0.1) is 0 Å². The molecule has 4 nitrogen and oxygen atoms in total. The summed E-state index contributed by atoms with van der Waals surface area (Å²) in [5, 5.41) is 0. The minimum atomic E-state index is -0.240. The van der Waals surface area contributed by atoms with Crippen LogP contribution in [0.15, 0.2) is 43.0 Å². The topological polar surface area (TPSA) is 44.1 Å². The fourth-order valence-corrected chi connectivity index (χ4v) is 2.35. The highest BCUT2D eigenvalue weighted by atomic mass is 16.5. The molecule has 0 radical (unpaired) electrons. The lowest BCUT2D eigenvalue weighted by molar-refractivity contribution is -0.145. The van der Waals surface area contributed by atoms with Gasteiger partial charge >= 0.3 is 5.97 Å². The molecule has 0 spiro atoms. The van der Waals surface area contributed by atoms with E-state index in [4.69, 9.17) is 4.74 Å². The van der Waals surface area contributed by atoms with Gasteiger partial charge in [-0.25, -0.2) is 4.98 Å². The summed E-state index contributed by atoms with van der Waals surface area (Å²) in [6.45, 7) is 7.29. The standard InChI is InChI=1S/C18H24N2O2/c1-14(2)12-16-4-6-17(7-5-16)15(3)18(21)22-11-10-20-9-8-19-13-20/h4-9,13-15H,10-12H2,1-3H3/t15-/m0/s1. The molecular weight excluding hydrogens is 276 g/mol. The van der Waals surface area contributed by atoms with E-state index in [0.29, 0.717) is 19.1 Å². The maximum Gasteiger partial charge on any atom is 0.313 e. The van der Waals surface area contributed by atoms with E-state index in [1.54, 1.807) is 12.5 Å². The summed E-state index contributed by atoms with van der Waals surface area (Å²) >= 11 is 0. The van der Waals surface area contributed by atoms with Crippen LogP contribution in [-0.2, 0) is 22.5 Å². The zero-order valence-electron chi connectivity index (χ0n) is 13.5. The smallest absolute Gasteiger partial charge is 0.313 e. The number of aromatic nitrogens is 2. The Morgan fingerprint density at radius 3 is 2.55 bits per heavy atom. The summed E-state index contributed by atoms with van der Waals surface area (Å²) in [7, 11) is 0. The first kappa shape index (κ1) is 16.3. The average Bonchev–Trinajstić information content (AvgIpc) is 3.00. The van der Waals surface area contributed by atoms with Gasteiger partial charge in [-0.1, -0.05) is 38.1 Å². The fraction of sp³-hybridized carbons (Fsp3) is 0.444. The van der Waals surface area contributed by atoms with Crippen molar-refractivity contribution in [2.75, 3.05) is 6.61 Å². The zero-order chi connectivity index (χ0) is 15.9. The maximum absolute atomic E-state index is 12.1. The molecule has 118 valence electrons. The number of rotatable bonds is 7. The first-order chi connectivity index (χ1) is 10.6. The molecule has 0 N–H and O–H groups in total. The normalized spacial score (nSPS) is 12.4. The van der Waals surface area contributed by atoms with Gasteiger partial charge in [-0.2, -0.15) is 0 Å². The number of carbonyl (C=O) groups excluding carboxylic acids is 1. The van der Waals surface area contributed by atoms with E-state index in [1.165, 1.54) is 5.56 Å². The molecule has 0 aliphatic heterocycles. The zero-order valence-corrected chi connectivity index (χ0v) is 13.5. The lowest BCUT2D eigenvalue weighted by atomic mass is 9.97. The summed E-state index contributed by atoms with van der Waals surface area (Å²) in [4.78, 5) is 16.0. The summed E-state index contributed by atoms with van der Waals surface area (Å²) in [6.07, 6.45) is 6.34. The van der Waals surface area contributed by atoms with Gasteiger partial charge in [-0.05, 0) is 30.4 Å². The van der Waals surface area contributed by atoms with Gasteiger partial charge in [0.15, 0.2) is 0 Å². The number of hydrogen-bond donors (Lipinski definition) is 0. The Kier molecular flexibility index (Phi) is 5.75. The highest BCUT2D eigenvalue weighted by molar-refractivity contribution is 5.77. The van der Waals surface area contributed by atoms with Crippen molar-refractivity contribution in [3.05, 3.63) is 54.1 Å². The molecule has 1 atom stereocenters. The molecule has 1 aromatic heterocycles. The molecule has 0 fully saturated rings. The van der Waals surface area contributed by atoms with Crippen molar-refractivity contribution < 1.29 is 9.53 Å². The van der Waals surface area contributed by atoms with Gasteiger partial charge < -0.3 is 9.30 Å². The molecule has 2 aromatic rings. The molecule has 4 heteroatoms. The SMILES string of the molecule is CC(C)Cc1ccc([C@H](C)C(=O)OCCn2ccnc2)cc1. The molecule has 0 bridgehead atoms. The van der Waals surface area contributed by atoms with Gasteiger partial charge in [0.05, 0.1) is 18.8 Å². The largest absolute Gasteiger partial charge is 0.463 e. The predicted octanol–water partition coefficient (Wildman–Crippen LogP) is 3.43. The predicted molar refractivity (Wildman–Crippen MR) is 86.6 cm³/mol. The molecular formula is C18H24N2O2. The molecule has 2 rings (SSSR count). The van der Waals surface area contributed by atoms with Crippen LogP contribution in [0.3, 0.4) is 0 Å². The summed E-state index contributed by atoms with van der Waals surface area (Å²) < 4.78 is 7.23. The number of ether oxygens (including phenoxy) is 1. The lowest BCUT2D eigenvalue weighted by Gasteiger charge is -2.13. The molecule has 1 heterocycles. The highest BCUT2D eigenvalue weighted by Crippen LogP contribution is 2.18. The van der Waals surface area contributed by atoms with Crippen molar-refractivity contribution in [2.24, 2.45) is 5.92 Å². The molecule has 0 aliphatic carbocycles. The Labute approximate surface area is 132 Å². The van der Waals surface area contributed by atoms with Gasteiger partial charge in [0.1, 0.15) is 6.61 Å². The van der Waals surface area contributed by atoms with Crippen molar-refractivity contribution in [2.45, 2.75) is 39.7 Å². The molecule has 0 amide bonds. The number of carbonyl (C=O) groups is 1. The van der Waals surface area contributed by atoms with Crippen LogP contribution in [0.5, 0.6) is 0 Å². The molecule has 0 aliphatic rings. The Bertz CT molecular complexity index is 574. The number of hydrogen-bond acceptors (Lipinski definition) is 3. The molecule has 0 unspecified atom stereocenters. The van der Waals surface area contributed by atoms with Crippen molar-refractivity contribution in [1.29, 1.82) is 0 Å². The van der Waals surface area contributed by atoms with Gasteiger partial charge in [0.2, 0.25) is 0 Å². The van der Waals surface area contributed by atoms with Gasteiger partial charge in [0.25, 0.3) is 0 Å². The van der Waals surface area contributed by atoms with Crippen LogP contribution in [-0.4, -0.2) is 22.1 Å². The van der Waals surface area contributed by atoms with Crippen LogP contribution < -0.4 is 0 Å². The first-order valence-corrected chi connectivity index (χ1v) is 7.77.